The predicted molar refractivity (Wildman–Crippen MR) is 209 cm³/mol. The maximum absolute atomic E-state index is 13.2. The van der Waals surface area contributed by atoms with Crippen molar-refractivity contribution in [1.29, 1.82) is 0 Å². The Morgan fingerprint density at radius 3 is 2.14 bits per heavy atom. The number of carboxylic acid groups (broad SMARTS) is 1. The number of aliphatic carboxylic acids is 1. The maximum atomic E-state index is 13.2. The molecule has 0 spiro atoms. The summed E-state index contributed by atoms with van der Waals surface area (Å²) in [6, 6.07) is 16.9. The zero-order valence-electron chi connectivity index (χ0n) is 31.7. The highest BCUT2D eigenvalue weighted by Gasteiger charge is 2.45. The van der Waals surface area contributed by atoms with Crippen LogP contribution in [-0.2, 0) is 42.4 Å². The third-order valence-electron chi connectivity index (χ3n) is 10.9. The summed E-state index contributed by atoms with van der Waals surface area (Å²) in [5.74, 6) is -2.14. The Hall–Kier alpha value is -4.96. The molecule has 3 aromatic carbocycles. The van der Waals surface area contributed by atoms with E-state index in [-0.39, 0.29) is 42.6 Å². The second-order valence-corrected chi connectivity index (χ2v) is 18.4. The zero-order valence-corrected chi connectivity index (χ0v) is 33.3. The predicted octanol–water partition coefficient (Wildman–Crippen LogP) is 5.92. The van der Waals surface area contributed by atoms with E-state index in [9.17, 15) is 40.3 Å². The summed E-state index contributed by atoms with van der Waals surface area (Å²) < 4.78 is 70.9. The number of anilines is 1. The van der Waals surface area contributed by atoms with Crippen molar-refractivity contribution in [2.45, 2.75) is 82.1 Å². The number of carbonyl (C=O) groups excluding carboxylic acids is 2. The molecule has 0 aliphatic carbocycles. The van der Waals surface area contributed by atoms with Gasteiger partial charge in [-0.05, 0) is 80.6 Å². The fourth-order valence-electron chi connectivity index (χ4n) is 8.04. The van der Waals surface area contributed by atoms with Gasteiger partial charge in [-0.25, -0.2) is 8.42 Å². The molecule has 0 saturated carbocycles. The molecule has 2 amide bonds. The highest BCUT2D eigenvalue weighted by atomic mass is 32.2. The topological polar surface area (TPSA) is 192 Å². The van der Waals surface area contributed by atoms with E-state index in [2.05, 4.69) is 4.58 Å². The first-order valence-electron chi connectivity index (χ1n) is 18.4. The molecule has 0 radical (unpaired) electrons. The minimum Gasteiger partial charge on any atom is -0.748 e. The van der Waals surface area contributed by atoms with Crippen LogP contribution in [0.25, 0.3) is 0 Å². The van der Waals surface area contributed by atoms with Gasteiger partial charge in [0.1, 0.15) is 6.54 Å². The van der Waals surface area contributed by atoms with Gasteiger partial charge in [-0.2, -0.15) is 13.0 Å². The smallest absolute Gasteiger partial charge is 0.303 e. The van der Waals surface area contributed by atoms with Crippen molar-refractivity contribution >= 4 is 55.1 Å². The molecule has 2 N–H and O–H groups in total. The summed E-state index contributed by atoms with van der Waals surface area (Å²) in [7, 11) is -8.93. The van der Waals surface area contributed by atoms with Crippen molar-refractivity contribution in [3.05, 3.63) is 112 Å². The fraction of sp³-hybridized carbons (Fsp3) is 0.366. The molecule has 0 aromatic heterocycles. The van der Waals surface area contributed by atoms with Crippen LogP contribution < -0.4 is 4.90 Å². The summed E-state index contributed by atoms with van der Waals surface area (Å²) in [5, 5.41) is 9.09. The molecular weight excluding hydrogens is 759 g/mol. The van der Waals surface area contributed by atoms with E-state index in [0.29, 0.717) is 42.5 Å². The first-order valence-corrected chi connectivity index (χ1v) is 21.4. The molecule has 3 aromatic rings. The molecule has 0 bridgehead atoms. The van der Waals surface area contributed by atoms with Crippen LogP contribution in [0.15, 0.2) is 89.5 Å². The van der Waals surface area contributed by atoms with Gasteiger partial charge in [-0.1, -0.05) is 44.2 Å². The monoisotopic (exact) mass is 803 g/mol. The van der Waals surface area contributed by atoms with Crippen LogP contribution in [0.2, 0.25) is 0 Å². The van der Waals surface area contributed by atoms with Gasteiger partial charge in [0.15, 0.2) is 5.71 Å². The number of nitrogens with zero attached hydrogens (tertiary/aromatic N) is 3. The number of hydrogen-bond acceptors (Lipinski definition) is 9. The van der Waals surface area contributed by atoms with Crippen molar-refractivity contribution in [3.63, 3.8) is 0 Å². The SMILES string of the molecule is CC1(C)C(=CC=CC2=[N+](CCCCCC(=O)O)c3ccc(S(=O)(=O)O)cc3C2(C)C)N(CCCS(=O)(=O)[O-])c2ccc(CN3C(=O)c4ccccc4C3=O)cc21. The standard InChI is InChI=1S/C41H45N3O10S2/c1-40(2)31-24-27(26-44-38(47)29-12-7-8-13-30(29)39(44)48)17-19-33(31)43(22-11-23-55(49,50)51)35(40)14-10-15-36-41(3,4)32-25-28(56(52,53)54)18-20-34(32)42(36)21-9-5-6-16-37(45)46/h7-8,10,12-15,17-20,24-25H,5-6,9,11,16,21-23,26H2,1-4H3,(H2-,45,46,49,50,51,52,53,54). The van der Waals surface area contributed by atoms with Crippen molar-refractivity contribution in [2.24, 2.45) is 0 Å². The Labute approximate surface area is 327 Å². The average Bonchev–Trinajstić information content (AvgIpc) is 3.57. The van der Waals surface area contributed by atoms with Crippen molar-refractivity contribution in [1.82, 2.24) is 4.90 Å². The van der Waals surface area contributed by atoms with Gasteiger partial charge in [-0.3, -0.25) is 23.8 Å². The highest BCUT2D eigenvalue weighted by Crippen LogP contribution is 2.48. The van der Waals surface area contributed by atoms with Crippen LogP contribution in [0, 0.1) is 0 Å². The molecule has 3 aliphatic rings. The Morgan fingerprint density at radius 2 is 1.52 bits per heavy atom. The molecule has 56 heavy (non-hydrogen) atoms. The number of amides is 2. The fourth-order valence-corrected chi connectivity index (χ4v) is 9.03. The lowest BCUT2D eigenvalue weighted by atomic mass is 9.81. The molecule has 15 heteroatoms. The molecular formula is C41H45N3O10S2. The number of unbranched alkanes of at least 4 members (excludes halogenated alkanes) is 2. The van der Waals surface area contributed by atoms with Crippen LogP contribution in [0.5, 0.6) is 0 Å². The lowest BCUT2D eigenvalue weighted by Gasteiger charge is -2.27. The number of carbonyl (C=O) groups is 3. The molecule has 0 atom stereocenters. The Bertz CT molecular complexity index is 2410. The van der Waals surface area contributed by atoms with E-state index in [1.807, 2.05) is 69.0 Å². The van der Waals surface area contributed by atoms with Crippen LogP contribution in [0.4, 0.5) is 11.4 Å². The lowest BCUT2D eigenvalue weighted by Crippen LogP contribution is -2.29. The number of hydrogen-bond donors (Lipinski definition) is 2. The first-order chi connectivity index (χ1) is 26.2. The molecule has 0 fully saturated rings. The number of imide groups is 1. The first kappa shape index (κ1) is 40.7. The molecule has 6 rings (SSSR count). The van der Waals surface area contributed by atoms with Crippen molar-refractivity contribution < 1.29 is 50.0 Å². The quantitative estimate of drug-likeness (QED) is 0.0802. The summed E-state index contributed by atoms with van der Waals surface area (Å²) >= 11 is 0. The van der Waals surface area contributed by atoms with Crippen molar-refractivity contribution in [2.75, 3.05) is 23.7 Å². The Kier molecular flexibility index (Phi) is 11.0. The van der Waals surface area contributed by atoms with E-state index in [0.717, 1.165) is 33.9 Å². The summed E-state index contributed by atoms with van der Waals surface area (Å²) in [4.78, 5) is 40.4. The van der Waals surface area contributed by atoms with Gasteiger partial charge in [0.05, 0.1) is 38.1 Å². The van der Waals surface area contributed by atoms with E-state index in [4.69, 9.17) is 5.11 Å². The lowest BCUT2D eigenvalue weighted by molar-refractivity contribution is -0.438. The molecule has 296 valence electrons. The Balaban J connectivity index is 1.35. The molecule has 0 saturated heterocycles. The van der Waals surface area contributed by atoms with Gasteiger partial charge >= 0.3 is 5.97 Å². The van der Waals surface area contributed by atoms with Gasteiger partial charge in [0.25, 0.3) is 21.9 Å². The average molecular weight is 804 g/mol. The van der Waals surface area contributed by atoms with Gasteiger partial charge < -0.3 is 14.6 Å². The normalized spacial score (nSPS) is 18.0. The number of rotatable bonds is 15. The number of fused-ring (bicyclic) bond motifs is 3. The molecule has 0 unspecified atom stereocenters. The van der Waals surface area contributed by atoms with Crippen LogP contribution in [0.3, 0.4) is 0 Å². The van der Waals surface area contributed by atoms with Crippen molar-refractivity contribution in [3.8, 4) is 0 Å². The van der Waals surface area contributed by atoms with E-state index in [1.165, 1.54) is 17.0 Å². The van der Waals surface area contributed by atoms with E-state index >= 15 is 0 Å². The van der Waals surface area contributed by atoms with Crippen LogP contribution in [-0.4, -0.2) is 82.9 Å². The van der Waals surface area contributed by atoms with Gasteiger partial charge in [0.2, 0.25) is 5.69 Å². The minimum absolute atomic E-state index is 0.0580. The number of carboxylic acids is 1. The minimum atomic E-state index is -4.47. The third kappa shape index (κ3) is 7.99. The van der Waals surface area contributed by atoms with Gasteiger partial charge in [-0.15, -0.1) is 0 Å². The van der Waals surface area contributed by atoms with E-state index < -0.39 is 42.8 Å². The van der Waals surface area contributed by atoms with Gasteiger partial charge in [0, 0.05) is 59.6 Å². The summed E-state index contributed by atoms with van der Waals surface area (Å²) in [5.41, 5.74) is 4.90. The number of benzene rings is 3. The second-order valence-electron chi connectivity index (χ2n) is 15.4. The van der Waals surface area contributed by atoms with Crippen LogP contribution >= 0.6 is 0 Å². The second kappa shape index (κ2) is 15.2. The molecule has 3 heterocycles. The summed E-state index contributed by atoms with van der Waals surface area (Å²) in [6.45, 7) is 8.76. The summed E-state index contributed by atoms with van der Waals surface area (Å²) in [6.07, 6.45) is 7.72. The molecule has 13 nitrogen and oxygen atoms in total. The largest absolute Gasteiger partial charge is 0.748 e. The highest BCUT2D eigenvalue weighted by molar-refractivity contribution is 7.86. The maximum Gasteiger partial charge on any atom is 0.303 e. The Morgan fingerprint density at radius 1 is 0.839 bits per heavy atom. The third-order valence-corrected chi connectivity index (χ3v) is 12.5. The number of allylic oxidation sites excluding steroid dienone is 4. The van der Waals surface area contributed by atoms with Crippen LogP contribution in [0.1, 0.15) is 97.2 Å². The molecule has 3 aliphatic heterocycles. The van der Waals surface area contributed by atoms with E-state index in [1.54, 1.807) is 30.3 Å². The zero-order chi connectivity index (χ0) is 40.8.